The molecular formula is C12H10Cl2N2O. The average Bonchev–Trinajstić information content (AvgIpc) is 2.68. The zero-order valence-electron chi connectivity index (χ0n) is 9.15. The Morgan fingerprint density at radius 3 is 2.65 bits per heavy atom. The summed E-state index contributed by atoms with van der Waals surface area (Å²) in [6.45, 7) is 0. The van der Waals surface area contributed by atoms with Crippen molar-refractivity contribution in [2.75, 3.05) is 0 Å². The van der Waals surface area contributed by atoms with Gasteiger partial charge in [0.25, 0.3) is 0 Å². The Hall–Kier alpha value is -1.32. The van der Waals surface area contributed by atoms with Gasteiger partial charge in [-0.05, 0) is 24.3 Å². The Labute approximate surface area is 109 Å². The number of hydrogen-bond acceptors (Lipinski definition) is 2. The summed E-state index contributed by atoms with van der Waals surface area (Å²) in [5.74, 6) is -0.0257. The lowest BCUT2D eigenvalue weighted by atomic mass is 10.1. The normalized spacial score (nSPS) is 10.5. The van der Waals surface area contributed by atoms with E-state index in [2.05, 4.69) is 5.10 Å². The standard InChI is InChI=1S/C12H10Cl2N2O/c1-16-5-4-9(15-16)7-12(17)8-2-3-10(13)11(14)6-8/h2-6H,7H2,1H3. The molecule has 0 bridgehead atoms. The van der Waals surface area contributed by atoms with Crippen LogP contribution in [0.1, 0.15) is 16.1 Å². The lowest BCUT2D eigenvalue weighted by Gasteiger charge is -2.01. The number of rotatable bonds is 3. The number of ketones is 1. The highest BCUT2D eigenvalue weighted by Crippen LogP contribution is 2.23. The second-order valence-corrected chi connectivity index (χ2v) is 4.52. The number of aromatic nitrogens is 2. The Morgan fingerprint density at radius 1 is 1.29 bits per heavy atom. The van der Waals surface area contributed by atoms with Gasteiger partial charge < -0.3 is 0 Å². The second kappa shape index (κ2) is 4.90. The molecule has 0 aliphatic heterocycles. The van der Waals surface area contributed by atoms with Crippen molar-refractivity contribution >= 4 is 29.0 Å². The van der Waals surface area contributed by atoms with E-state index in [1.807, 2.05) is 13.1 Å². The van der Waals surface area contributed by atoms with Crippen LogP contribution in [-0.2, 0) is 13.5 Å². The van der Waals surface area contributed by atoms with Crippen molar-refractivity contribution in [2.24, 2.45) is 7.05 Å². The minimum absolute atomic E-state index is 0.0257. The van der Waals surface area contributed by atoms with Gasteiger partial charge in [0, 0.05) is 18.8 Å². The molecule has 1 aromatic carbocycles. The van der Waals surface area contributed by atoms with Crippen LogP contribution in [0.4, 0.5) is 0 Å². The smallest absolute Gasteiger partial charge is 0.168 e. The van der Waals surface area contributed by atoms with Crippen molar-refractivity contribution in [2.45, 2.75) is 6.42 Å². The van der Waals surface area contributed by atoms with Gasteiger partial charge in [0.15, 0.2) is 5.78 Å². The highest BCUT2D eigenvalue weighted by Gasteiger charge is 2.10. The van der Waals surface area contributed by atoms with Crippen LogP contribution in [0.25, 0.3) is 0 Å². The van der Waals surface area contributed by atoms with E-state index in [1.165, 1.54) is 0 Å². The zero-order valence-corrected chi connectivity index (χ0v) is 10.7. The quantitative estimate of drug-likeness (QED) is 0.802. The van der Waals surface area contributed by atoms with Crippen LogP contribution in [0.3, 0.4) is 0 Å². The van der Waals surface area contributed by atoms with E-state index in [0.717, 1.165) is 5.69 Å². The van der Waals surface area contributed by atoms with Crippen LogP contribution >= 0.6 is 23.2 Å². The molecule has 1 heterocycles. The third kappa shape index (κ3) is 2.87. The summed E-state index contributed by atoms with van der Waals surface area (Å²) in [5, 5.41) is 4.99. The number of benzene rings is 1. The first-order chi connectivity index (χ1) is 8.06. The predicted molar refractivity (Wildman–Crippen MR) is 67.7 cm³/mol. The maximum absolute atomic E-state index is 11.9. The molecule has 88 valence electrons. The van der Waals surface area contributed by atoms with E-state index in [0.29, 0.717) is 15.6 Å². The summed E-state index contributed by atoms with van der Waals surface area (Å²) < 4.78 is 1.66. The van der Waals surface area contributed by atoms with Crippen LogP contribution in [0.2, 0.25) is 10.0 Å². The molecular weight excluding hydrogens is 259 g/mol. The molecule has 0 aliphatic rings. The molecule has 0 amide bonds. The third-order valence-electron chi connectivity index (χ3n) is 2.35. The number of carbonyl (C=O) groups is 1. The van der Waals surface area contributed by atoms with Gasteiger partial charge in [-0.2, -0.15) is 5.10 Å². The molecule has 0 atom stereocenters. The summed E-state index contributed by atoms with van der Waals surface area (Å²) in [4.78, 5) is 11.9. The summed E-state index contributed by atoms with van der Waals surface area (Å²) >= 11 is 11.7. The van der Waals surface area contributed by atoms with Crippen LogP contribution in [0.5, 0.6) is 0 Å². The summed E-state index contributed by atoms with van der Waals surface area (Å²) in [6.07, 6.45) is 2.07. The molecule has 0 saturated heterocycles. The average molecular weight is 269 g/mol. The van der Waals surface area contributed by atoms with Crippen molar-refractivity contribution in [3.8, 4) is 0 Å². The monoisotopic (exact) mass is 268 g/mol. The summed E-state index contributed by atoms with van der Waals surface area (Å²) in [6, 6.07) is 6.68. The van der Waals surface area contributed by atoms with Crippen molar-refractivity contribution in [3.63, 3.8) is 0 Å². The number of hydrogen-bond donors (Lipinski definition) is 0. The molecule has 0 N–H and O–H groups in total. The first-order valence-corrected chi connectivity index (χ1v) is 5.78. The number of Topliss-reactive ketones (excluding diaryl/α,β-unsaturated/α-hetero) is 1. The third-order valence-corrected chi connectivity index (χ3v) is 3.09. The number of carbonyl (C=O) groups excluding carboxylic acids is 1. The predicted octanol–water partition coefficient (Wildman–Crippen LogP) is 3.15. The zero-order chi connectivity index (χ0) is 12.4. The van der Waals surface area contributed by atoms with E-state index < -0.39 is 0 Å². The number of nitrogens with zero attached hydrogens (tertiary/aromatic N) is 2. The second-order valence-electron chi connectivity index (χ2n) is 3.71. The van der Waals surface area contributed by atoms with Crippen molar-refractivity contribution < 1.29 is 4.79 Å². The molecule has 1 aromatic heterocycles. The number of aryl methyl sites for hydroxylation is 1. The molecule has 2 rings (SSSR count). The Morgan fingerprint density at radius 2 is 2.06 bits per heavy atom. The van der Waals surface area contributed by atoms with Gasteiger partial charge in [-0.25, -0.2) is 0 Å². The Balaban J connectivity index is 2.17. The van der Waals surface area contributed by atoms with Crippen molar-refractivity contribution in [3.05, 3.63) is 51.8 Å². The Bertz CT molecular complexity index is 563. The topological polar surface area (TPSA) is 34.9 Å². The van der Waals surface area contributed by atoms with Crippen LogP contribution < -0.4 is 0 Å². The molecule has 0 unspecified atom stereocenters. The van der Waals surface area contributed by atoms with Crippen LogP contribution in [0, 0.1) is 0 Å². The molecule has 3 nitrogen and oxygen atoms in total. The van der Waals surface area contributed by atoms with Crippen molar-refractivity contribution in [1.82, 2.24) is 9.78 Å². The van der Waals surface area contributed by atoms with Crippen LogP contribution in [-0.4, -0.2) is 15.6 Å². The maximum Gasteiger partial charge on any atom is 0.168 e. The minimum atomic E-state index is -0.0257. The van der Waals surface area contributed by atoms with Gasteiger partial charge in [0.05, 0.1) is 22.2 Å². The largest absolute Gasteiger partial charge is 0.294 e. The molecule has 17 heavy (non-hydrogen) atoms. The lowest BCUT2D eigenvalue weighted by molar-refractivity contribution is 0.0992. The van der Waals surface area contributed by atoms with Gasteiger partial charge in [0.2, 0.25) is 0 Å². The van der Waals surface area contributed by atoms with Crippen molar-refractivity contribution in [1.29, 1.82) is 0 Å². The molecule has 0 fully saturated rings. The van der Waals surface area contributed by atoms with Gasteiger partial charge >= 0.3 is 0 Å². The van der Waals surface area contributed by atoms with Gasteiger partial charge in [-0.15, -0.1) is 0 Å². The fourth-order valence-electron chi connectivity index (χ4n) is 1.49. The maximum atomic E-state index is 11.9. The molecule has 0 aliphatic carbocycles. The molecule has 0 spiro atoms. The van der Waals surface area contributed by atoms with Gasteiger partial charge in [-0.3, -0.25) is 9.48 Å². The fraction of sp³-hybridized carbons (Fsp3) is 0.167. The van der Waals surface area contributed by atoms with E-state index in [1.54, 1.807) is 29.1 Å². The van der Waals surface area contributed by atoms with E-state index in [9.17, 15) is 4.79 Å². The molecule has 0 radical (unpaired) electrons. The first-order valence-electron chi connectivity index (χ1n) is 5.03. The fourth-order valence-corrected chi connectivity index (χ4v) is 1.79. The highest BCUT2D eigenvalue weighted by molar-refractivity contribution is 6.42. The first kappa shape index (κ1) is 12.1. The summed E-state index contributed by atoms with van der Waals surface area (Å²) in [7, 11) is 1.81. The van der Waals surface area contributed by atoms with E-state index in [-0.39, 0.29) is 12.2 Å². The molecule has 0 saturated carbocycles. The lowest BCUT2D eigenvalue weighted by Crippen LogP contribution is -2.04. The Kier molecular flexibility index (Phi) is 3.50. The van der Waals surface area contributed by atoms with Gasteiger partial charge in [0.1, 0.15) is 0 Å². The highest BCUT2D eigenvalue weighted by atomic mass is 35.5. The summed E-state index contributed by atoms with van der Waals surface area (Å²) in [5.41, 5.74) is 1.29. The minimum Gasteiger partial charge on any atom is -0.294 e. The van der Waals surface area contributed by atoms with E-state index in [4.69, 9.17) is 23.2 Å². The van der Waals surface area contributed by atoms with Gasteiger partial charge in [-0.1, -0.05) is 23.2 Å². The van der Waals surface area contributed by atoms with Crippen LogP contribution in [0.15, 0.2) is 30.5 Å². The SMILES string of the molecule is Cn1ccc(CC(=O)c2ccc(Cl)c(Cl)c2)n1. The number of halogens is 2. The molecule has 2 aromatic rings. The molecule has 5 heteroatoms. The van der Waals surface area contributed by atoms with E-state index >= 15 is 0 Å².